The van der Waals surface area contributed by atoms with E-state index in [2.05, 4.69) is 10.3 Å². The number of furan rings is 1. The number of carbonyl (C=O) groups excluding carboxylic acids is 1. The van der Waals surface area contributed by atoms with Crippen molar-refractivity contribution in [2.45, 2.75) is 0 Å². The summed E-state index contributed by atoms with van der Waals surface area (Å²) in [4.78, 5) is 16.7. The summed E-state index contributed by atoms with van der Waals surface area (Å²) in [7, 11) is 0. The SMILES string of the molecule is O=C(Nc1cccc2cccnc12)c1cc2ccccc2o1. The minimum absolute atomic E-state index is 0.283. The van der Waals surface area contributed by atoms with Crippen LogP contribution in [0.1, 0.15) is 10.6 Å². The number of pyridine rings is 1. The van der Waals surface area contributed by atoms with Crippen molar-refractivity contribution >= 4 is 33.5 Å². The Morgan fingerprint density at radius 2 is 1.77 bits per heavy atom. The molecule has 4 heteroatoms. The molecule has 2 heterocycles. The van der Waals surface area contributed by atoms with Gasteiger partial charge in [0.05, 0.1) is 11.2 Å². The van der Waals surface area contributed by atoms with E-state index in [4.69, 9.17) is 4.42 Å². The number of rotatable bonds is 2. The molecule has 0 unspecified atom stereocenters. The zero-order valence-electron chi connectivity index (χ0n) is 11.6. The topological polar surface area (TPSA) is 55.1 Å². The highest BCUT2D eigenvalue weighted by Crippen LogP contribution is 2.23. The number of nitrogens with one attached hydrogen (secondary N) is 1. The molecule has 22 heavy (non-hydrogen) atoms. The molecule has 1 amide bonds. The molecule has 106 valence electrons. The summed E-state index contributed by atoms with van der Waals surface area (Å²) in [5.74, 6) is 0.00323. The van der Waals surface area contributed by atoms with E-state index < -0.39 is 0 Å². The second kappa shape index (κ2) is 5.00. The highest BCUT2D eigenvalue weighted by Gasteiger charge is 2.13. The van der Waals surface area contributed by atoms with Crippen molar-refractivity contribution in [1.29, 1.82) is 0 Å². The van der Waals surface area contributed by atoms with Crippen molar-refractivity contribution < 1.29 is 9.21 Å². The van der Waals surface area contributed by atoms with Crippen LogP contribution in [-0.4, -0.2) is 10.9 Å². The zero-order valence-corrected chi connectivity index (χ0v) is 11.6. The highest BCUT2D eigenvalue weighted by atomic mass is 16.3. The smallest absolute Gasteiger partial charge is 0.291 e. The van der Waals surface area contributed by atoms with Gasteiger partial charge in [0, 0.05) is 17.0 Å². The maximum absolute atomic E-state index is 12.4. The Morgan fingerprint density at radius 3 is 2.68 bits per heavy atom. The van der Waals surface area contributed by atoms with Gasteiger partial charge >= 0.3 is 0 Å². The number of carbonyl (C=O) groups is 1. The third-order valence-electron chi connectivity index (χ3n) is 3.53. The number of amides is 1. The molecule has 4 aromatic rings. The molecule has 4 nitrogen and oxygen atoms in total. The van der Waals surface area contributed by atoms with E-state index in [1.165, 1.54) is 0 Å². The Hall–Kier alpha value is -3.14. The number of hydrogen-bond donors (Lipinski definition) is 1. The van der Waals surface area contributed by atoms with Crippen molar-refractivity contribution in [3.63, 3.8) is 0 Å². The van der Waals surface area contributed by atoms with Crippen LogP contribution in [0.3, 0.4) is 0 Å². The van der Waals surface area contributed by atoms with E-state index in [0.717, 1.165) is 16.3 Å². The lowest BCUT2D eigenvalue weighted by molar-refractivity contribution is 0.0999. The lowest BCUT2D eigenvalue weighted by Crippen LogP contribution is -2.11. The first-order valence-corrected chi connectivity index (χ1v) is 6.95. The molecule has 2 aromatic heterocycles. The van der Waals surface area contributed by atoms with E-state index in [-0.39, 0.29) is 11.7 Å². The Bertz CT molecular complexity index is 950. The number of benzene rings is 2. The van der Waals surface area contributed by atoms with Crippen LogP contribution in [0.25, 0.3) is 21.9 Å². The lowest BCUT2D eigenvalue weighted by Gasteiger charge is -2.06. The van der Waals surface area contributed by atoms with Crippen molar-refractivity contribution in [1.82, 2.24) is 4.98 Å². The normalized spacial score (nSPS) is 10.9. The summed E-state index contributed by atoms with van der Waals surface area (Å²) in [6, 6.07) is 18.8. The predicted octanol–water partition coefficient (Wildman–Crippen LogP) is 4.23. The lowest BCUT2D eigenvalue weighted by atomic mass is 10.2. The third-order valence-corrected chi connectivity index (χ3v) is 3.53. The fourth-order valence-corrected chi connectivity index (χ4v) is 2.48. The number of nitrogens with zero attached hydrogens (tertiary/aromatic N) is 1. The minimum Gasteiger partial charge on any atom is -0.451 e. The second-order valence-electron chi connectivity index (χ2n) is 4.98. The summed E-state index contributed by atoms with van der Waals surface area (Å²) < 4.78 is 5.58. The average Bonchev–Trinajstić information content (AvgIpc) is 2.99. The van der Waals surface area contributed by atoms with Crippen molar-refractivity contribution in [2.75, 3.05) is 5.32 Å². The summed E-state index contributed by atoms with van der Waals surface area (Å²) in [6.07, 6.45) is 1.71. The van der Waals surface area contributed by atoms with Crippen LogP contribution in [0.15, 0.2) is 71.3 Å². The van der Waals surface area contributed by atoms with Gasteiger partial charge in [-0.05, 0) is 24.3 Å². The van der Waals surface area contributed by atoms with Crippen LogP contribution in [0, 0.1) is 0 Å². The highest BCUT2D eigenvalue weighted by molar-refractivity contribution is 6.08. The molecule has 0 aliphatic heterocycles. The van der Waals surface area contributed by atoms with Gasteiger partial charge in [-0.25, -0.2) is 0 Å². The molecular weight excluding hydrogens is 276 g/mol. The molecule has 0 saturated carbocycles. The van der Waals surface area contributed by atoms with E-state index in [1.54, 1.807) is 12.3 Å². The van der Waals surface area contributed by atoms with Gasteiger partial charge in [0.25, 0.3) is 5.91 Å². The molecule has 0 fully saturated rings. The van der Waals surface area contributed by atoms with Gasteiger partial charge in [0.2, 0.25) is 0 Å². The molecule has 4 rings (SSSR count). The molecule has 0 radical (unpaired) electrons. The maximum atomic E-state index is 12.4. The standard InChI is InChI=1S/C18H12N2O2/c21-18(16-11-13-5-1-2-9-15(13)22-16)20-14-8-3-6-12-7-4-10-19-17(12)14/h1-11H,(H,20,21). The average molecular weight is 288 g/mol. The fourth-order valence-electron chi connectivity index (χ4n) is 2.48. The summed E-state index contributed by atoms with van der Waals surface area (Å²) in [6.45, 7) is 0. The Labute approximate surface area is 126 Å². The van der Waals surface area contributed by atoms with Crippen LogP contribution < -0.4 is 5.32 Å². The number of aromatic nitrogens is 1. The van der Waals surface area contributed by atoms with Crippen LogP contribution in [0.5, 0.6) is 0 Å². The number of para-hydroxylation sites is 2. The number of hydrogen-bond acceptors (Lipinski definition) is 3. The van der Waals surface area contributed by atoms with Crippen molar-refractivity contribution in [2.24, 2.45) is 0 Å². The first-order chi connectivity index (χ1) is 10.8. The Morgan fingerprint density at radius 1 is 0.955 bits per heavy atom. The molecular formula is C18H12N2O2. The van der Waals surface area contributed by atoms with Gasteiger partial charge in [0.1, 0.15) is 5.58 Å². The minimum atomic E-state index is -0.283. The number of anilines is 1. The molecule has 2 aromatic carbocycles. The first kappa shape index (κ1) is 12.6. The molecule has 0 spiro atoms. The summed E-state index contributed by atoms with van der Waals surface area (Å²) >= 11 is 0. The summed E-state index contributed by atoms with van der Waals surface area (Å²) in [5, 5.41) is 4.75. The molecule has 0 saturated heterocycles. The van der Waals surface area contributed by atoms with E-state index in [0.29, 0.717) is 11.3 Å². The van der Waals surface area contributed by atoms with E-state index in [9.17, 15) is 4.79 Å². The van der Waals surface area contributed by atoms with Gasteiger partial charge in [-0.1, -0.05) is 36.4 Å². The van der Waals surface area contributed by atoms with Crippen LogP contribution >= 0.6 is 0 Å². The van der Waals surface area contributed by atoms with Gasteiger partial charge in [-0.2, -0.15) is 0 Å². The Kier molecular flexibility index (Phi) is 2.86. The zero-order chi connectivity index (χ0) is 14.9. The first-order valence-electron chi connectivity index (χ1n) is 6.95. The third kappa shape index (κ3) is 2.11. The summed E-state index contributed by atoms with van der Waals surface area (Å²) in [5.41, 5.74) is 2.13. The molecule has 1 N–H and O–H groups in total. The molecule has 0 bridgehead atoms. The fraction of sp³-hybridized carbons (Fsp3) is 0. The van der Waals surface area contributed by atoms with Gasteiger partial charge in [0.15, 0.2) is 5.76 Å². The molecule has 0 aliphatic rings. The van der Waals surface area contributed by atoms with E-state index >= 15 is 0 Å². The van der Waals surface area contributed by atoms with Crippen molar-refractivity contribution in [3.8, 4) is 0 Å². The second-order valence-corrected chi connectivity index (χ2v) is 4.98. The van der Waals surface area contributed by atoms with Crippen molar-refractivity contribution in [3.05, 3.63) is 72.6 Å². The molecule has 0 aliphatic carbocycles. The van der Waals surface area contributed by atoms with Crippen LogP contribution in [-0.2, 0) is 0 Å². The predicted molar refractivity (Wildman–Crippen MR) is 85.9 cm³/mol. The quantitative estimate of drug-likeness (QED) is 0.600. The van der Waals surface area contributed by atoms with Gasteiger partial charge < -0.3 is 9.73 Å². The van der Waals surface area contributed by atoms with Crippen LogP contribution in [0.2, 0.25) is 0 Å². The van der Waals surface area contributed by atoms with Gasteiger partial charge in [-0.15, -0.1) is 0 Å². The number of fused-ring (bicyclic) bond motifs is 2. The van der Waals surface area contributed by atoms with Gasteiger partial charge in [-0.3, -0.25) is 9.78 Å². The van der Waals surface area contributed by atoms with E-state index in [1.807, 2.05) is 54.6 Å². The monoisotopic (exact) mass is 288 g/mol. The largest absolute Gasteiger partial charge is 0.451 e. The van der Waals surface area contributed by atoms with Crippen LogP contribution in [0.4, 0.5) is 5.69 Å². The molecule has 0 atom stereocenters. The maximum Gasteiger partial charge on any atom is 0.291 e. The Balaban J connectivity index is 1.71.